The smallest absolute Gasteiger partial charge is 0.225 e. The second-order valence-corrected chi connectivity index (χ2v) is 5.04. The molecule has 0 aromatic rings. The predicted octanol–water partition coefficient (Wildman–Crippen LogP) is 1.46. The molecule has 2 rings (SSSR count). The minimum Gasteiger partial charge on any atom is -0.378 e. The van der Waals surface area contributed by atoms with Crippen LogP contribution in [-0.2, 0) is 9.53 Å². The Morgan fingerprint density at radius 3 is 2.79 bits per heavy atom. The third-order valence-corrected chi connectivity index (χ3v) is 4.14. The van der Waals surface area contributed by atoms with Crippen molar-refractivity contribution in [1.29, 1.82) is 0 Å². The molecule has 80 valence electrons. The van der Waals surface area contributed by atoms with Gasteiger partial charge in [-0.2, -0.15) is 0 Å². The number of halogens is 1. The number of rotatable bonds is 3. The molecule has 1 amide bonds. The standard InChI is InChI=1S/C10H16BrNO2/c1-7-4-8(5-14-7)9(13)12-10(6-11)2-3-10/h7-8H,2-6H2,1H3,(H,12,13). The first-order valence-corrected chi connectivity index (χ1v) is 6.27. The first-order valence-electron chi connectivity index (χ1n) is 5.15. The van der Waals surface area contributed by atoms with Gasteiger partial charge in [0, 0.05) is 10.9 Å². The van der Waals surface area contributed by atoms with Gasteiger partial charge in [-0.25, -0.2) is 0 Å². The molecule has 3 nitrogen and oxygen atoms in total. The Morgan fingerprint density at radius 2 is 2.36 bits per heavy atom. The maximum atomic E-state index is 11.8. The average molecular weight is 262 g/mol. The molecular weight excluding hydrogens is 246 g/mol. The van der Waals surface area contributed by atoms with E-state index in [1.165, 1.54) is 0 Å². The van der Waals surface area contributed by atoms with Crippen molar-refractivity contribution >= 4 is 21.8 Å². The molecule has 2 fully saturated rings. The van der Waals surface area contributed by atoms with E-state index in [9.17, 15) is 4.79 Å². The van der Waals surface area contributed by atoms with Crippen molar-refractivity contribution in [1.82, 2.24) is 5.32 Å². The molecule has 0 bridgehead atoms. The molecule has 2 atom stereocenters. The van der Waals surface area contributed by atoms with Gasteiger partial charge >= 0.3 is 0 Å². The van der Waals surface area contributed by atoms with Crippen molar-refractivity contribution in [2.45, 2.75) is 37.8 Å². The highest BCUT2D eigenvalue weighted by molar-refractivity contribution is 9.09. The van der Waals surface area contributed by atoms with E-state index in [1.807, 2.05) is 6.92 Å². The van der Waals surface area contributed by atoms with Crippen LogP contribution in [0.25, 0.3) is 0 Å². The fraction of sp³-hybridized carbons (Fsp3) is 0.900. The van der Waals surface area contributed by atoms with Gasteiger partial charge in [-0.15, -0.1) is 0 Å². The number of alkyl halides is 1. The van der Waals surface area contributed by atoms with Crippen molar-refractivity contribution in [2.75, 3.05) is 11.9 Å². The Bertz CT molecular complexity index is 240. The Labute approximate surface area is 92.7 Å². The summed E-state index contributed by atoms with van der Waals surface area (Å²) in [7, 11) is 0. The van der Waals surface area contributed by atoms with Crippen LogP contribution in [0.1, 0.15) is 26.2 Å². The quantitative estimate of drug-likeness (QED) is 0.782. The molecule has 1 aliphatic heterocycles. The largest absolute Gasteiger partial charge is 0.378 e. The van der Waals surface area contributed by atoms with Crippen LogP contribution in [0.2, 0.25) is 0 Å². The first kappa shape index (κ1) is 10.4. The number of amides is 1. The Hall–Kier alpha value is -0.0900. The molecule has 2 aliphatic rings. The SMILES string of the molecule is CC1CC(C(=O)NC2(CBr)CC2)CO1. The van der Waals surface area contributed by atoms with Gasteiger partial charge in [0.1, 0.15) is 0 Å². The van der Waals surface area contributed by atoms with E-state index in [4.69, 9.17) is 4.74 Å². The predicted molar refractivity (Wildman–Crippen MR) is 57.4 cm³/mol. The summed E-state index contributed by atoms with van der Waals surface area (Å²) in [6.07, 6.45) is 3.31. The van der Waals surface area contributed by atoms with E-state index < -0.39 is 0 Å². The van der Waals surface area contributed by atoms with Gasteiger partial charge in [0.2, 0.25) is 5.91 Å². The van der Waals surface area contributed by atoms with Gasteiger partial charge in [-0.3, -0.25) is 4.79 Å². The monoisotopic (exact) mass is 261 g/mol. The normalized spacial score (nSPS) is 34.1. The second kappa shape index (κ2) is 3.81. The van der Waals surface area contributed by atoms with Crippen LogP contribution in [0.3, 0.4) is 0 Å². The first-order chi connectivity index (χ1) is 6.65. The Kier molecular flexibility index (Phi) is 2.84. The molecule has 1 saturated carbocycles. The van der Waals surface area contributed by atoms with E-state index in [0.29, 0.717) is 6.61 Å². The molecule has 1 heterocycles. The van der Waals surface area contributed by atoms with Gasteiger partial charge in [-0.05, 0) is 26.2 Å². The summed E-state index contributed by atoms with van der Waals surface area (Å²) in [6.45, 7) is 2.61. The molecule has 4 heteroatoms. The summed E-state index contributed by atoms with van der Waals surface area (Å²) < 4.78 is 5.38. The third-order valence-electron chi connectivity index (χ3n) is 3.07. The van der Waals surface area contributed by atoms with Crippen LogP contribution in [0.5, 0.6) is 0 Å². The van der Waals surface area contributed by atoms with Crippen molar-refractivity contribution in [3.63, 3.8) is 0 Å². The zero-order chi connectivity index (χ0) is 10.2. The lowest BCUT2D eigenvalue weighted by molar-refractivity contribution is -0.125. The van der Waals surface area contributed by atoms with E-state index in [-0.39, 0.29) is 23.5 Å². The lowest BCUT2D eigenvalue weighted by atomic mass is 10.1. The van der Waals surface area contributed by atoms with E-state index in [2.05, 4.69) is 21.2 Å². The summed E-state index contributed by atoms with van der Waals surface area (Å²) >= 11 is 3.44. The number of nitrogens with one attached hydrogen (secondary N) is 1. The third kappa shape index (κ3) is 2.11. The fourth-order valence-electron chi connectivity index (χ4n) is 1.81. The number of hydrogen-bond donors (Lipinski definition) is 1. The Morgan fingerprint density at radius 1 is 1.64 bits per heavy atom. The van der Waals surface area contributed by atoms with Crippen LogP contribution in [0.15, 0.2) is 0 Å². The van der Waals surface area contributed by atoms with Crippen molar-refractivity contribution < 1.29 is 9.53 Å². The lowest BCUT2D eigenvalue weighted by Gasteiger charge is -2.16. The highest BCUT2D eigenvalue weighted by Gasteiger charge is 2.44. The minimum atomic E-state index is 0.0709. The molecule has 1 aliphatic carbocycles. The van der Waals surface area contributed by atoms with Crippen LogP contribution < -0.4 is 5.32 Å². The van der Waals surface area contributed by atoms with Gasteiger partial charge in [-0.1, -0.05) is 15.9 Å². The topological polar surface area (TPSA) is 38.3 Å². The number of ether oxygens (including phenoxy) is 1. The maximum absolute atomic E-state index is 11.8. The summed E-state index contributed by atoms with van der Waals surface area (Å²) in [5.41, 5.74) is 0.0723. The molecule has 1 saturated heterocycles. The summed E-state index contributed by atoms with van der Waals surface area (Å²) in [5, 5.41) is 3.98. The highest BCUT2D eigenvalue weighted by atomic mass is 79.9. The molecule has 14 heavy (non-hydrogen) atoms. The van der Waals surface area contributed by atoms with Crippen molar-refractivity contribution in [2.24, 2.45) is 5.92 Å². The lowest BCUT2D eigenvalue weighted by Crippen LogP contribution is -2.42. The molecule has 0 aromatic carbocycles. The van der Waals surface area contributed by atoms with Crippen LogP contribution in [0.4, 0.5) is 0 Å². The van der Waals surface area contributed by atoms with Gasteiger partial charge in [0.15, 0.2) is 0 Å². The summed E-state index contributed by atoms with van der Waals surface area (Å²) in [6, 6.07) is 0. The zero-order valence-corrected chi connectivity index (χ0v) is 9.97. The maximum Gasteiger partial charge on any atom is 0.225 e. The molecule has 0 aromatic heterocycles. The van der Waals surface area contributed by atoms with Crippen molar-refractivity contribution in [3.8, 4) is 0 Å². The molecule has 2 unspecified atom stereocenters. The van der Waals surface area contributed by atoms with E-state index >= 15 is 0 Å². The minimum absolute atomic E-state index is 0.0709. The highest BCUT2D eigenvalue weighted by Crippen LogP contribution is 2.37. The summed E-state index contributed by atoms with van der Waals surface area (Å²) in [5.74, 6) is 0.243. The fourth-order valence-corrected chi connectivity index (χ4v) is 2.51. The second-order valence-electron chi connectivity index (χ2n) is 4.48. The Balaban J connectivity index is 1.84. The average Bonchev–Trinajstić information content (AvgIpc) is 2.80. The van der Waals surface area contributed by atoms with Gasteiger partial charge < -0.3 is 10.1 Å². The summed E-state index contributed by atoms with van der Waals surface area (Å²) in [4.78, 5) is 11.8. The van der Waals surface area contributed by atoms with Crippen LogP contribution >= 0.6 is 15.9 Å². The molecule has 1 N–H and O–H groups in total. The van der Waals surface area contributed by atoms with Crippen LogP contribution in [-0.4, -0.2) is 29.5 Å². The number of hydrogen-bond acceptors (Lipinski definition) is 2. The number of carbonyl (C=O) groups excluding carboxylic acids is 1. The number of carbonyl (C=O) groups is 1. The molecule has 0 spiro atoms. The van der Waals surface area contributed by atoms with E-state index in [1.54, 1.807) is 0 Å². The van der Waals surface area contributed by atoms with Crippen molar-refractivity contribution in [3.05, 3.63) is 0 Å². The molecule has 0 radical (unpaired) electrons. The van der Waals surface area contributed by atoms with Gasteiger partial charge in [0.05, 0.1) is 18.6 Å². The van der Waals surface area contributed by atoms with Crippen LogP contribution in [0, 0.1) is 5.92 Å². The molecular formula is C10H16BrNO2. The zero-order valence-electron chi connectivity index (χ0n) is 8.38. The van der Waals surface area contributed by atoms with Gasteiger partial charge in [0.25, 0.3) is 0 Å². The van der Waals surface area contributed by atoms with E-state index in [0.717, 1.165) is 24.6 Å².